The molecule has 0 N–H and O–H groups in total. The zero-order valence-corrected chi connectivity index (χ0v) is 13.4. The molecule has 1 saturated carbocycles. The highest BCUT2D eigenvalue weighted by atomic mass is 16.2. The summed E-state index contributed by atoms with van der Waals surface area (Å²) in [5.41, 5.74) is 0. The number of amides is 2. The Morgan fingerprint density at radius 3 is 1.38 bits per heavy atom. The Morgan fingerprint density at radius 1 is 0.714 bits per heavy atom. The molecule has 0 aromatic carbocycles. The summed E-state index contributed by atoms with van der Waals surface area (Å²) in [6.07, 6.45) is 5.24. The van der Waals surface area contributed by atoms with Crippen molar-refractivity contribution in [3.63, 3.8) is 0 Å². The van der Waals surface area contributed by atoms with Gasteiger partial charge < -0.3 is 9.80 Å². The number of hydrogen-bond acceptors (Lipinski definition) is 2. The van der Waals surface area contributed by atoms with E-state index in [-0.39, 0.29) is 23.7 Å². The van der Waals surface area contributed by atoms with Gasteiger partial charge in [-0.2, -0.15) is 0 Å². The van der Waals surface area contributed by atoms with Crippen molar-refractivity contribution in [2.45, 2.75) is 46.0 Å². The molecule has 118 valence electrons. The van der Waals surface area contributed by atoms with Crippen molar-refractivity contribution in [2.24, 2.45) is 23.7 Å². The van der Waals surface area contributed by atoms with Gasteiger partial charge >= 0.3 is 0 Å². The summed E-state index contributed by atoms with van der Waals surface area (Å²) in [4.78, 5) is 28.9. The fraction of sp³-hybridized carbons (Fsp3) is 0.882. The van der Waals surface area contributed by atoms with Gasteiger partial charge in [-0.15, -0.1) is 0 Å². The van der Waals surface area contributed by atoms with Crippen molar-refractivity contribution < 1.29 is 9.59 Å². The molecule has 0 bridgehead atoms. The summed E-state index contributed by atoms with van der Waals surface area (Å²) >= 11 is 0. The van der Waals surface area contributed by atoms with Crippen LogP contribution in [0.4, 0.5) is 0 Å². The molecule has 0 spiro atoms. The first-order valence-corrected chi connectivity index (χ1v) is 8.64. The van der Waals surface area contributed by atoms with Crippen LogP contribution in [0.2, 0.25) is 0 Å². The number of nitrogens with zero attached hydrogens (tertiary/aromatic N) is 2. The first-order chi connectivity index (χ1) is 10.1. The number of carbonyl (C=O) groups is 2. The van der Waals surface area contributed by atoms with Crippen molar-refractivity contribution in [2.75, 3.05) is 26.2 Å². The molecule has 3 aliphatic rings. The van der Waals surface area contributed by atoms with Crippen molar-refractivity contribution in [3.05, 3.63) is 0 Å². The summed E-state index contributed by atoms with van der Waals surface area (Å²) in [6.45, 7) is 8.06. The lowest BCUT2D eigenvalue weighted by molar-refractivity contribution is -0.139. The lowest BCUT2D eigenvalue weighted by Gasteiger charge is -2.32. The first kappa shape index (κ1) is 14.9. The van der Waals surface area contributed by atoms with E-state index in [4.69, 9.17) is 0 Å². The Hall–Kier alpha value is -1.06. The molecule has 2 saturated heterocycles. The van der Waals surface area contributed by atoms with Gasteiger partial charge in [-0.25, -0.2) is 0 Å². The fourth-order valence-corrected chi connectivity index (χ4v) is 3.67. The van der Waals surface area contributed by atoms with Crippen molar-refractivity contribution in [3.8, 4) is 0 Å². The van der Waals surface area contributed by atoms with Crippen molar-refractivity contribution in [1.82, 2.24) is 9.80 Å². The average Bonchev–Trinajstić information content (AvgIpc) is 3.28. The number of rotatable bonds is 2. The molecule has 1 aliphatic carbocycles. The molecule has 3 rings (SSSR count). The summed E-state index contributed by atoms with van der Waals surface area (Å²) in [7, 11) is 0. The van der Waals surface area contributed by atoms with Crippen LogP contribution in [0.1, 0.15) is 46.0 Å². The predicted octanol–water partition coefficient (Wildman–Crippen LogP) is 2.14. The van der Waals surface area contributed by atoms with Gasteiger partial charge in [0.25, 0.3) is 0 Å². The van der Waals surface area contributed by atoms with Crippen LogP contribution in [0.25, 0.3) is 0 Å². The Kier molecular flexibility index (Phi) is 4.23. The third kappa shape index (κ3) is 3.24. The minimum absolute atomic E-state index is 0.00902. The Morgan fingerprint density at radius 2 is 1.05 bits per heavy atom. The van der Waals surface area contributed by atoms with Gasteiger partial charge in [-0.1, -0.05) is 13.8 Å². The van der Waals surface area contributed by atoms with E-state index in [0.29, 0.717) is 0 Å². The number of carbonyl (C=O) groups excluding carboxylic acids is 2. The highest BCUT2D eigenvalue weighted by Gasteiger charge is 2.51. The number of likely N-dealkylation sites (tertiary alicyclic amines) is 2. The molecular formula is C17H28N2O2. The molecule has 4 heteroatoms. The van der Waals surface area contributed by atoms with Crippen LogP contribution >= 0.6 is 0 Å². The van der Waals surface area contributed by atoms with E-state index in [9.17, 15) is 9.59 Å². The van der Waals surface area contributed by atoms with Crippen LogP contribution in [0.5, 0.6) is 0 Å². The lowest BCUT2D eigenvalue weighted by atomic mass is 9.98. The fourth-order valence-electron chi connectivity index (χ4n) is 3.67. The van der Waals surface area contributed by atoms with Crippen LogP contribution < -0.4 is 0 Å². The second-order valence-electron chi connectivity index (χ2n) is 7.46. The average molecular weight is 292 g/mol. The van der Waals surface area contributed by atoms with Crippen LogP contribution in [-0.4, -0.2) is 47.8 Å². The smallest absolute Gasteiger partial charge is 0.226 e. The van der Waals surface area contributed by atoms with Crippen molar-refractivity contribution >= 4 is 11.8 Å². The minimum Gasteiger partial charge on any atom is -0.342 e. The normalized spacial score (nSPS) is 31.3. The molecule has 2 atom stereocenters. The highest BCUT2D eigenvalue weighted by Crippen LogP contribution is 2.42. The predicted molar refractivity (Wildman–Crippen MR) is 81.6 cm³/mol. The third-order valence-corrected chi connectivity index (χ3v) is 5.62. The first-order valence-electron chi connectivity index (χ1n) is 8.64. The molecule has 0 aromatic heterocycles. The summed E-state index contributed by atoms with van der Waals surface area (Å²) in [6, 6.07) is 0. The Bertz CT molecular complexity index is 369. The monoisotopic (exact) mass is 292 g/mol. The van der Waals surface area contributed by atoms with Gasteiger partial charge in [-0.3, -0.25) is 9.59 Å². The summed E-state index contributed by atoms with van der Waals surface area (Å²) in [5.74, 6) is 1.94. The molecule has 0 radical (unpaired) electrons. The molecule has 21 heavy (non-hydrogen) atoms. The molecule has 2 heterocycles. The number of piperidine rings is 2. The quantitative estimate of drug-likeness (QED) is 0.782. The maximum Gasteiger partial charge on any atom is 0.226 e. The topological polar surface area (TPSA) is 40.6 Å². The maximum absolute atomic E-state index is 12.5. The molecule has 0 aromatic rings. The van der Waals surface area contributed by atoms with E-state index in [1.165, 1.54) is 0 Å². The van der Waals surface area contributed by atoms with E-state index >= 15 is 0 Å². The van der Waals surface area contributed by atoms with Crippen LogP contribution in [0, 0.1) is 23.7 Å². The molecule has 3 fully saturated rings. The number of hydrogen-bond donors (Lipinski definition) is 0. The molecule has 2 amide bonds. The van der Waals surface area contributed by atoms with E-state index in [1.54, 1.807) is 0 Å². The van der Waals surface area contributed by atoms with Gasteiger partial charge in [0.15, 0.2) is 0 Å². The van der Waals surface area contributed by atoms with Crippen molar-refractivity contribution in [1.29, 1.82) is 0 Å². The summed E-state index contributed by atoms with van der Waals surface area (Å²) in [5, 5.41) is 0. The zero-order valence-electron chi connectivity index (χ0n) is 13.4. The zero-order chi connectivity index (χ0) is 15.0. The molecule has 4 nitrogen and oxygen atoms in total. The second-order valence-corrected chi connectivity index (χ2v) is 7.46. The van der Waals surface area contributed by atoms with Crippen LogP contribution in [0.15, 0.2) is 0 Å². The molecule has 2 aliphatic heterocycles. The largest absolute Gasteiger partial charge is 0.342 e. The van der Waals surface area contributed by atoms with Crippen LogP contribution in [-0.2, 0) is 9.59 Å². The summed E-state index contributed by atoms with van der Waals surface area (Å²) < 4.78 is 0. The Balaban J connectivity index is 1.49. The van der Waals surface area contributed by atoms with E-state index in [2.05, 4.69) is 13.8 Å². The maximum atomic E-state index is 12.5. The standard InChI is InChI=1S/C17H28N2O2/c1-12-3-7-18(8-4-12)16(20)14-11-15(14)17(21)19-9-5-13(2)6-10-19/h12-15H,3-11H2,1-2H3. The van der Waals surface area contributed by atoms with Gasteiger partial charge in [0, 0.05) is 26.2 Å². The van der Waals surface area contributed by atoms with Gasteiger partial charge in [-0.05, 0) is 43.9 Å². The van der Waals surface area contributed by atoms with E-state index in [1.807, 2.05) is 9.80 Å². The van der Waals surface area contributed by atoms with E-state index in [0.717, 1.165) is 70.1 Å². The van der Waals surface area contributed by atoms with Gasteiger partial charge in [0.05, 0.1) is 11.8 Å². The lowest BCUT2D eigenvalue weighted by Crippen LogP contribution is -2.41. The second kappa shape index (κ2) is 5.98. The van der Waals surface area contributed by atoms with Crippen LogP contribution in [0.3, 0.4) is 0 Å². The highest BCUT2D eigenvalue weighted by molar-refractivity contribution is 5.92. The minimum atomic E-state index is -0.00902. The van der Waals surface area contributed by atoms with E-state index < -0.39 is 0 Å². The van der Waals surface area contributed by atoms with Gasteiger partial charge in [0.2, 0.25) is 11.8 Å². The Labute approximate surface area is 127 Å². The molecular weight excluding hydrogens is 264 g/mol. The third-order valence-electron chi connectivity index (χ3n) is 5.62. The molecule has 2 unspecified atom stereocenters. The SMILES string of the molecule is CC1CCN(C(=O)C2CC2C(=O)N2CCC(C)CC2)CC1. The van der Waals surface area contributed by atoms with Gasteiger partial charge in [0.1, 0.15) is 0 Å².